The van der Waals surface area contributed by atoms with E-state index in [1.165, 1.54) is 84.0 Å². The van der Waals surface area contributed by atoms with Gasteiger partial charge in [-0.25, -0.2) is 0 Å². The van der Waals surface area contributed by atoms with Crippen LogP contribution in [-0.2, 0) is 0 Å². The van der Waals surface area contributed by atoms with E-state index in [-0.39, 0.29) is 6.04 Å². The second-order valence-electron chi connectivity index (χ2n) is 11.0. The summed E-state index contributed by atoms with van der Waals surface area (Å²) in [4.78, 5) is 2.55. The van der Waals surface area contributed by atoms with Crippen LogP contribution < -0.4 is 0 Å². The third-order valence-corrected chi connectivity index (χ3v) is 7.84. The van der Waals surface area contributed by atoms with Gasteiger partial charge in [0, 0.05) is 6.04 Å². The van der Waals surface area contributed by atoms with Crippen LogP contribution in [0.1, 0.15) is 115 Å². The quantitative estimate of drug-likeness (QED) is 0.185. The number of aliphatic hydroxyl groups is 1. The van der Waals surface area contributed by atoms with Gasteiger partial charge in [0.2, 0.25) is 0 Å². The lowest BCUT2D eigenvalue weighted by atomic mass is 9.91. The Kier molecular flexibility index (Phi) is 10.6. The SMILES string of the molecule is CCCCCCN(CCCCCC)[C@@H](C)[C@H](O)c1cc(C)c2ccc3cc(C(C)C)ccc3c2c1. The zero-order valence-electron chi connectivity index (χ0n) is 23.2. The summed E-state index contributed by atoms with van der Waals surface area (Å²) in [6.07, 6.45) is 9.65. The van der Waals surface area contributed by atoms with Crippen molar-refractivity contribution in [2.75, 3.05) is 13.1 Å². The molecular weight excluding hydrogens is 426 g/mol. The van der Waals surface area contributed by atoms with E-state index in [4.69, 9.17) is 0 Å². The Labute approximate surface area is 214 Å². The largest absolute Gasteiger partial charge is 0.387 e. The lowest BCUT2D eigenvalue weighted by molar-refractivity contribution is 0.0555. The molecule has 0 aliphatic heterocycles. The molecule has 0 spiro atoms. The molecule has 3 aromatic rings. The molecule has 3 aromatic carbocycles. The minimum atomic E-state index is -0.486. The lowest BCUT2D eigenvalue weighted by Crippen LogP contribution is -2.39. The van der Waals surface area contributed by atoms with Crippen molar-refractivity contribution in [3.63, 3.8) is 0 Å². The van der Waals surface area contributed by atoms with Gasteiger partial charge in [0.15, 0.2) is 0 Å². The summed E-state index contributed by atoms with van der Waals surface area (Å²) in [5, 5.41) is 16.7. The molecule has 2 nitrogen and oxygen atoms in total. The highest BCUT2D eigenvalue weighted by atomic mass is 16.3. The number of hydrogen-bond donors (Lipinski definition) is 1. The van der Waals surface area contributed by atoms with Crippen molar-refractivity contribution in [2.45, 2.75) is 111 Å². The van der Waals surface area contributed by atoms with E-state index in [9.17, 15) is 5.11 Å². The van der Waals surface area contributed by atoms with Crippen molar-refractivity contribution in [3.8, 4) is 0 Å². The van der Waals surface area contributed by atoms with Crippen molar-refractivity contribution in [1.82, 2.24) is 4.90 Å². The van der Waals surface area contributed by atoms with Crippen LogP contribution in [0.4, 0.5) is 0 Å². The van der Waals surface area contributed by atoms with Gasteiger partial charge in [-0.1, -0.05) is 103 Å². The second-order valence-corrected chi connectivity index (χ2v) is 11.0. The van der Waals surface area contributed by atoms with Crippen LogP contribution >= 0.6 is 0 Å². The minimum Gasteiger partial charge on any atom is -0.387 e. The zero-order chi connectivity index (χ0) is 25.4. The molecule has 0 saturated carbocycles. The van der Waals surface area contributed by atoms with Crippen LogP contribution in [0.3, 0.4) is 0 Å². The first-order valence-corrected chi connectivity index (χ1v) is 14.3. The van der Waals surface area contributed by atoms with E-state index in [1.807, 2.05) is 0 Å². The van der Waals surface area contributed by atoms with Crippen LogP contribution in [0.2, 0.25) is 0 Å². The molecule has 192 valence electrons. The van der Waals surface area contributed by atoms with Crippen molar-refractivity contribution in [1.29, 1.82) is 0 Å². The van der Waals surface area contributed by atoms with Crippen molar-refractivity contribution < 1.29 is 5.11 Å². The summed E-state index contributed by atoms with van der Waals surface area (Å²) in [6, 6.07) is 16.0. The molecule has 1 N–H and O–H groups in total. The number of aryl methyl sites for hydroxylation is 1. The van der Waals surface area contributed by atoms with E-state index in [0.29, 0.717) is 5.92 Å². The predicted octanol–water partition coefficient (Wildman–Crippen LogP) is 9.31. The molecule has 0 aliphatic rings. The third kappa shape index (κ3) is 7.08. The fourth-order valence-corrected chi connectivity index (χ4v) is 5.42. The maximum absolute atomic E-state index is 11.6. The first-order chi connectivity index (χ1) is 16.9. The van der Waals surface area contributed by atoms with Crippen LogP contribution in [0.15, 0.2) is 42.5 Å². The highest BCUT2D eigenvalue weighted by Gasteiger charge is 2.23. The van der Waals surface area contributed by atoms with Crippen molar-refractivity contribution in [2.24, 2.45) is 0 Å². The summed E-state index contributed by atoms with van der Waals surface area (Å²) >= 11 is 0. The lowest BCUT2D eigenvalue weighted by Gasteiger charge is -2.33. The standard InChI is InChI=1S/C33H49NO/c1-7-9-11-13-19-34(20-14-12-10-8-2)26(6)33(35)29-21-25(5)30-17-16-28-22-27(24(3)4)15-18-31(28)32(30)23-29/h15-18,21-24,26,33,35H,7-14,19-20H2,1-6H3/t26-,33-/m0/s1. The van der Waals surface area contributed by atoms with Gasteiger partial charge >= 0.3 is 0 Å². The Morgan fingerprint density at radius 1 is 0.686 bits per heavy atom. The van der Waals surface area contributed by atoms with Crippen LogP contribution in [-0.4, -0.2) is 29.1 Å². The average Bonchev–Trinajstić information content (AvgIpc) is 2.86. The van der Waals surface area contributed by atoms with E-state index < -0.39 is 6.10 Å². The molecule has 35 heavy (non-hydrogen) atoms. The number of fused-ring (bicyclic) bond motifs is 3. The number of nitrogens with zero attached hydrogens (tertiary/aromatic N) is 1. The van der Waals surface area contributed by atoms with Gasteiger partial charge in [0.25, 0.3) is 0 Å². The van der Waals surface area contributed by atoms with E-state index in [2.05, 4.69) is 88.9 Å². The molecular formula is C33H49NO. The Morgan fingerprint density at radius 3 is 1.91 bits per heavy atom. The van der Waals surface area contributed by atoms with Gasteiger partial charge in [-0.3, -0.25) is 4.90 Å². The van der Waals surface area contributed by atoms with Crippen molar-refractivity contribution >= 4 is 21.5 Å². The molecule has 0 amide bonds. The monoisotopic (exact) mass is 475 g/mol. The van der Waals surface area contributed by atoms with Crippen molar-refractivity contribution in [3.05, 3.63) is 59.2 Å². The highest BCUT2D eigenvalue weighted by molar-refractivity contribution is 6.08. The van der Waals surface area contributed by atoms with Gasteiger partial charge in [-0.2, -0.15) is 0 Å². The molecule has 2 atom stereocenters. The summed E-state index contributed by atoms with van der Waals surface area (Å²) in [5.74, 6) is 0.520. The third-order valence-electron chi connectivity index (χ3n) is 7.84. The number of benzene rings is 3. The topological polar surface area (TPSA) is 23.5 Å². The molecule has 0 bridgehead atoms. The number of rotatable bonds is 14. The fourth-order valence-electron chi connectivity index (χ4n) is 5.42. The molecule has 0 aromatic heterocycles. The van der Waals surface area contributed by atoms with Crippen LogP contribution in [0.5, 0.6) is 0 Å². The smallest absolute Gasteiger partial charge is 0.0942 e. The van der Waals surface area contributed by atoms with Gasteiger partial charge in [0.1, 0.15) is 0 Å². The molecule has 0 unspecified atom stereocenters. The number of aliphatic hydroxyl groups excluding tert-OH is 1. The second kappa shape index (κ2) is 13.4. The van der Waals surface area contributed by atoms with Crippen LogP contribution in [0.25, 0.3) is 21.5 Å². The fraction of sp³-hybridized carbons (Fsp3) is 0.576. The highest BCUT2D eigenvalue weighted by Crippen LogP contribution is 2.33. The van der Waals surface area contributed by atoms with E-state index in [0.717, 1.165) is 18.7 Å². The molecule has 0 fully saturated rings. The predicted molar refractivity (Wildman–Crippen MR) is 155 cm³/mol. The van der Waals surface area contributed by atoms with Gasteiger partial charge in [-0.15, -0.1) is 0 Å². The van der Waals surface area contributed by atoms with Gasteiger partial charge in [-0.05, 0) is 90.0 Å². The van der Waals surface area contributed by atoms with Gasteiger partial charge in [0.05, 0.1) is 6.10 Å². The Bertz CT molecular complexity index is 1060. The molecule has 2 heteroatoms. The molecule has 0 saturated heterocycles. The summed E-state index contributed by atoms with van der Waals surface area (Å²) < 4.78 is 0. The first kappa shape index (κ1) is 27.7. The number of hydrogen-bond acceptors (Lipinski definition) is 2. The Balaban J connectivity index is 1.89. The number of unbranched alkanes of at least 4 members (excludes halogenated alkanes) is 6. The van der Waals surface area contributed by atoms with Gasteiger partial charge < -0.3 is 5.11 Å². The Hall–Kier alpha value is -1.90. The minimum absolute atomic E-state index is 0.109. The summed E-state index contributed by atoms with van der Waals surface area (Å²) in [6.45, 7) is 15.6. The maximum Gasteiger partial charge on any atom is 0.0942 e. The summed E-state index contributed by atoms with van der Waals surface area (Å²) in [7, 11) is 0. The average molecular weight is 476 g/mol. The van der Waals surface area contributed by atoms with E-state index in [1.54, 1.807) is 0 Å². The van der Waals surface area contributed by atoms with E-state index >= 15 is 0 Å². The Morgan fingerprint density at radius 2 is 1.31 bits per heavy atom. The zero-order valence-corrected chi connectivity index (χ0v) is 23.2. The first-order valence-electron chi connectivity index (χ1n) is 14.3. The molecule has 0 aliphatic carbocycles. The maximum atomic E-state index is 11.6. The summed E-state index contributed by atoms with van der Waals surface area (Å²) in [5.41, 5.74) is 3.67. The molecule has 3 rings (SSSR count). The molecule has 0 heterocycles. The normalized spacial score (nSPS) is 13.9. The molecule has 0 radical (unpaired) electrons. The van der Waals surface area contributed by atoms with Crippen LogP contribution in [0, 0.1) is 6.92 Å².